The molecule has 5 rings (SSSR count). The summed E-state index contributed by atoms with van der Waals surface area (Å²) in [7, 11) is 0. The van der Waals surface area contributed by atoms with Crippen LogP contribution in [0.2, 0.25) is 0 Å². The molecule has 1 amide bonds. The number of amides is 1. The van der Waals surface area contributed by atoms with E-state index in [1.165, 1.54) is 5.56 Å². The van der Waals surface area contributed by atoms with Crippen LogP contribution < -0.4 is 5.73 Å². The second kappa shape index (κ2) is 8.83. The van der Waals surface area contributed by atoms with Gasteiger partial charge in [-0.25, -0.2) is 9.97 Å². The van der Waals surface area contributed by atoms with Crippen molar-refractivity contribution in [1.29, 1.82) is 0 Å². The van der Waals surface area contributed by atoms with E-state index < -0.39 is 0 Å². The van der Waals surface area contributed by atoms with Gasteiger partial charge in [0.05, 0.1) is 17.6 Å². The minimum atomic E-state index is 0.0106. The number of aliphatic hydroxyl groups is 1. The lowest BCUT2D eigenvalue weighted by Crippen LogP contribution is -2.26. The zero-order valence-corrected chi connectivity index (χ0v) is 18.9. The zero-order chi connectivity index (χ0) is 22.9. The van der Waals surface area contributed by atoms with E-state index in [2.05, 4.69) is 58.9 Å². The Bertz CT molecular complexity index is 1340. The number of imidazole rings is 1. The number of carbonyl (C=O) groups excluding carboxylic acids is 1. The van der Waals surface area contributed by atoms with Crippen LogP contribution in [0.15, 0.2) is 42.5 Å². The highest BCUT2D eigenvalue weighted by molar-refractivity contribution is 6.07. The number of anilines is 1. The smallest absolute Gasteiger partial charge is 0.222 e. The maximum atomic E-state index is 12.0. The number of pyridine rings is 1. The summed E-state index contributed by atoms with van der Waals surface area (Å²) < 4.78 is 2.15. The maximum absolute atomic E-state index is 12.0. The van der Waals surface area contributed by atoms with Gasteiger partial charge in [0, 0.05) is 37.9 Å². The number of nitrogens with zero attached hydrogens (tertiary/aromatic N) is 4. The highest BCUT2D eigenvalue weighted by Gasteiger charge is 2.21. The number of aliphatic hydroxyl groups excluding tert-OH is 1. The number of fused-ring (bicyclic) bond motifs is 3. The van der Waals surface area contributed by atoms with E-state index in [0.717, 1.165) is 59.3 Å². The van der Waals surface area contributed by atoms with Crippen molar-refractivity contribution in [2.45, 2.75) is 39.2 Å². The van der Waals surface area contributed by atoms with Gasteiger partial charge in [-0.05, 0) is 37.0 Å². The van der Waals surface area contributed by atoms with Gasteiger partial charge < -0.3 is 20.3 Å². The summed E-state index contributed by atoms with van der Waals surface area (Å²) in [5, 5.41) is 10.6. The van der Waals surface area contributed by atoms with Crippen molar-refractivity contribution in [3.8, 4) is 11.1 Å². The number of nitrogens with two attached hydrogens (primary N) is 1. The van der Waals surface area contributed by atoms with Crippen LogP contribution in [0.1, 0.15) is 30.7 Å². The number of nitrogen functional groups attached to an aromatic ring is 1. The van der Waals surface area contributed by atoms with Gasteiger partial charge in [0.1, 0.15) is 11.3 Å². The average molecular weight is 444 g/mol. The van der Waals surface area contributed by atoms with Crippen molar-refractivity contribution in [1.82, 2.24) is 19.4 Å². The Hall–Kier alpha value is -3.45. The molecule has 7 nitrogen and oxygen atoms in total. The summed E-state index contributed by atoms with van der Waals surface area (Å²) in [4.78, 5) is 23.3. The standard InChI is InChI=1S/C26H29N5O2/c1-17-5-2-6-18(15-17)19-8-9-20-21(16-19)28-26(27)24-25(20)31(22(29-24)10-14-32)13-4-12-30-11-3-7-23(30)33/h2,5-6,8-9,15-16,32H,3-4,7,10-14H2,1H3,(H2,27,28). The van der Waals surface area contributed by atoms with E-state index in [-0.39, 0.29) is 12.5 Å². The first-order chi connectivity index (χ1) is 16.0. The van der Waals surface area contributed by atoms with Crippen LogP contribution in [-0.2, 0) is 17.8 Å². The molecule has 2 aromatic carbocycles. The lowest BCUT2D eigenvalue weighted by molar-refractivity contribution is -0.127. The predicted molar refractivity (Wildman–Crippen MR) is 131 cm³/mol. The molecule has 0 unspecified atom stereocenters. The SMILES string of the molecule is Cc1cccc(-c2ccc3c(c2)nc(N)c2nc(CCO)n(CCCN4CCCC4=O)c23)c1. The number of hydrogen-bond acceptors (Lipinski definition) is 5. The third-order valence-corrected chi connectivity index (χ3v) is 6.45. The Kier molecular flexibility index (Phi) is 5.72. The molecule has 170 valence electrons. The van der Waals surface area contributed by atoms with Crippen LogP contribution in [0, 0.1) is 6.92 Å². The topological polar surface area (TPSA) is 97.3 Å². The number of hydrogen-bond donors (Lipinski definition) is 2. The Morgan fingerprint density at radius 2 is 1.94 bits per heavy atom. The fourth-order valence-electron chi connectivity index (χ4n) is 4.85. The minimum absolute atomic E-state index is 0.0106. The Labute approximate surface area is 192 Å². The summed E-state index contributed by atoms with van der Waals surface area (Å²) in [5.74, 6) is 1.43. The molecule has 0 spiro atoms. The van der Waals surface area contributed by atoms with Gasteiger partial charge in [-0.2, -0.15) is 0 Å². The Morgan fingerprint density at radius 3 is 2.70 bits per heavy atom. The molecule has 0 aliphatic carbocycles. The lowest BCUT2D eigenvalue weighted by Gasteiger charge is -2.17. The highest BCUT2D eigenvalue weighted by Crippen LogP contribution is 2.32. The summed E-state index contributed by atoms with van der Waals surface area (Å²) in [6.45, 7) is 4.37. The number of carbonyl (C=O) groups is 1. The zero-order valence-electron chi connectivity index (χ0n) is 18.9. The molecule has 1 aliphatic rings. The van der Waals surface area contributed by atoms with Crippen LogP contribution >= 0.6 is 0 Å². The molecule has 4 aromatic rings. The first kappa shape index (κ1) is 21.4. The molecule has 1 fully saturated rings. The number of rotatable bonds is 7. The first-order valence-corrected chi connectivity index (χ1v) is 11.6. The van der Waals surface area contributed by atoms with Gasteiger partial charge in [-0.1, -0.05) is 42.0 Å². The summed E-state index contributed by atoms with van der Waals surface area (Å²) in [6.07, 6.45) is 2.86. The molecule has 3 N–H and O–H groups in total. The molecule has 0 bridgehead atoms. The highest BCUT2D eigenvalue weighted by atomic mass is 16.3. The van der Waals surface area contributed by atoms with Crippen molar-refractivity contribution in [3.63, 3.8) is 0 Å². The van der Waals surface area contributed by atoms with Crippen molar-refractivity contribution in [3.05, 3.63) is 53.9 Å². The molecule has 1 aliphatic heterocycles. The fraction of sp³-hybridized carbons (Fsp3) is 0.346. The Morgan fingerprint density at radius 1 is 1.09 bits per heavy atom. The number of benzene rings is 2. The van der Waals surface area contributed by atoms with E-state index in [4.69, 9.17) is 10.7 Å². The largest absolute Gasteiger partial charge is 0.396 e. The van der Waals surface area contributed by atoms with E-state index in [9.17, 15) is 9.90 Å². The van der Waals surface area contributed by atoms with E-state index >= 15 is 0 Å². The molecule has 0 atom stereocenters. The molecule has 3 heterocycles. The van der Waals surface area contributed by atoms with Gasteiger partial charge in [0.25, 0.3) is 0 Å². The third kappa shape index (κ3) is 4.04. The molecule has 1 saturated heterocycles. The molecular weight excluding hydrogens is 414 g/mol. The molecular formula is C26H29N5O2. The van der Waals surface area contributed by atoms with Gasteiger partial charge >= 0.3 is 0 Å². The lowest BCUT2D eigenvalue weighted by atomic mass is 10.0. The number of likely N-dealkylation sites (tertiary alicyclic amines) is 1. The normalized spacial score (nSPS) is 14.1. The van der Waals surface area contributed by atoms with Gasteiger partial charge in [-0.15, -0.1) is 0 Å². The van der Waals surface area contributed by atoms with Crippen molar-refractivity contribution in [2.75, 3.05) is 25.4 Å². The molecule has 7 heteroatoms. The second-order valence-electron chi connectivity index (χ2n) is 8.79. The van der Waals surface area contributed by atoms with Gasteiger partial charge in [0.15, 0.2) is 5.82 Å². The molecule has 0 saturated carbocycles. The van der Waals surface area contributed by atoms with Crippen LogP contribution in [0.25, 0.3) is 33.1 Å². The van der Waals surface area contributed by atoms with E-state index in [1.807, 2.05) is 4.90 Å². The van der Waals surface area contributed by atoms with Gasteiger partial charge in [0.2, 0.25) is 5.91 Å². The van der Waals surface area contributed by atoms with Crippen LogP contribution in [0.4, 0.5) is 5.82 Å². The van der Waals surface area contributed by atoms with Gasteiger partial charge in [-0.3, -0.25) is 4.79 Å². The average Bonchev–Trinajstić information content (AvgIpc) is 3.38. The van der Waals surface area contributed by atoms with E-state index in [0.29, 0.717) is 30.7 Å². The number of aryl methyl sites for hydroxylation is 2. The summed E-state index contributed by atoms with van der Waals surface area (Å²) in [6, 6.07) is 14.7. The Balaban J connectivity index is 1.57. The molecule has 0 radical (unpaired) electrons. The first-order valence-electron chi connectivity index (χ1n) is 11.6. The van der Waals surface area contributed by atoms with Crippen LogP contribution in [0.5, 0.6) is 0 Å². The molecule has 2 aromatic heterocycles. The van der Waals surface area contributed by atoms with Crippen molar-refractivity contribution in [2.24, 2.45) is 0 Å². The maximum Gasteiger partial charge on any atom is 0.222 e. The van der Waals surface area contributed by atoms with Crippen molar-refractivity contribution >= 4 is 33.7 Å². The summed E-state index contributed by atoms with van der Waals surface area (Å²) in [5.41, 5.74) is 12.2. The van der Waals surface area contributed by atoms with Crippen LogP contribution in [-0.4, -0.2) is 50.1 Å². The summed E-state index contributed by atoms with van der Waals surface area (Å²) >= 11 is 0. The second-order valence-corrected chi connectivity index (χ2v) is 8.79. The third-order valence-electron chi connectivity index (χ3n) is 6.45. The fourth-order valence-corrected chi connectivity index (χ4v) is 4.85. The van der Waals surface area contributed by atoms with E-state index in [1.54, 1.807) is 0 Å². The molecule has 33 heavy (non-hydrogen) atoms. The van der Waals surface area contributed by atoms with Crippen LogP contribution in [0.3, 0.4) is 0 Å². The number of aromatic nitrogens is 3. The predicted octanol–water partition coefficient (Wildman–Crippen LogP) is 3.69. The van der Waals surface area contributed by atoms with Crippen molar-refractivity contribution < 1.29 is 9.90 Å². The monoisotopic (exact) mass is 443 g/mol. The quantitative estimate of drug-likeness (QED) is 0.454. The minimum Gasteiger partial charge on any atom is -0.396 e.